The van der Waals surface area contributed by atoms with Gasteiger partial charge in [-0.3, -0.25) is 9.59 Å². The van der Waals surface area contributed by atoms with Crippen molar-refractivity contribution in [3.63, 3.8) is 0 Å². The van der Waals surface area contributed by atoms with E-state index in [1.54, 1.807) is 0 Å². The van der Waals surface area contributed by atoms with Gasteiger partial charge in [0.15, 0.2) is 0 Å². The topological polar surface area (TPSA) is 52.7 Å². The van der Waals surface area contributed by atoms with E-state index in [-0.39, 0.29) is 30.5 Å². The quantitative estimate of drug-likeness (QED) is 0.824. The molecule has 24 heavy (non-hydrogen) atoms. The third-order valence-corrected chi connectivity index (χ3v) is 4.32. The summed E-state index contributed by atoms with van der Waals surface area (Å²) in [5.41, 5.74) is 0.0137. The van der Waals surface area contributed by atoms with E-state index >= 15 is 0 Å². The molecule has 1 saturated heterocycles. The van der Waals surface area contributed by atoms with Gasteiger partial charge < -0.3 is 15.1 Å². The van der Waals surface area contributed by atoms with Gasteiger partial charge in [-0.05, 0) is 25.2 Å². The molecule has 1 aromatic rings. The molecule has 7 heteroatoms. The number of nitrogens with one attached hydrogen (secondary N) is 1. The van der Waals surface area contributed by atoms with E-state index < -0.39 is 17.6 Å². The van der Waals surface area contributed by atoms with Crippen LogP contribution in [0.25, 0.3) is 0 Å². The molecule has 1 aliphatic rings. The van der Waals surface area contributed by atoms with Gasteiger partial charge in [0.1, 0.15) is 11.6 Å². The van der Waals surface area contributed by atoms with Crippen LogP contribution in [0.3, 0.4) is 0 Å². The molecule has 1 heterocycles. The number of likely N-dealkylation sites (N-methyl/N-ethyl adjacent to an activating group) is 1. The van der Waals surface area contributed by atoms with Gasteiger partial charge in [0, 0.05) is 32.1 Å². The summed E-state index contributed by atoms with van der Waals surface area (Å²) in [6, 6.07) is 3.06. The molecule has 132 valence electrons. The Labute approximate surface area is 140 Å². The van der Waals surface area contributed by atoms with Crippen molar-refractivity contribution in [1.29, 1.82) is 0 Å². The highest BCUT2D eigenvalue weighted by atomic mass is 19.1. The number of carbonyl (C=O) groups is 2. The maximum absolute atomic E-state index is 13.8. The van der Waals surface area contributed by atoms with Crippen molar-refractivity contribution in [3.05, 3.63) is 29.8 Å². The van der Waals surface area contributed by atoms with Gasteiger partial charge in [-0.2, -0.15) is 0 Å². The molecule has 1 N–H and O–H groups in total. The molecule has 1 fully saturated rings. The van der Waals surface area contributed by atoms with Gasteiger partial charge in [0.25, 0.3) is 0 Å². The first-order valence-corrected chi connectivity index (χ1v) is 8.21. The Balaban J connectivity index is 1.93. The molecule has 0 unspecified atom stereocenters. The highest BCUT2D eigenvalue weighted by Gasteiger charge is 2.36. The van der Waals surface area contributed by atoms with Crippen LogP contribution in [0.2, 0.25) is 0 Å². The monoisotopic (exact) mass is 339 g/mol. The fourth-order valence-electron chi connectivity index (χ4n) is 2.84. The SMILES string of the molecule is CCN(CC)CCNC(=O)[C@H]1CC(=O)N(c2ccc(F)cc2F)C1. The lowest BCUT2D eigenvalue weighted by atomic mass is 10.1. The molecule has 0 saturated carbocycles. The summed E-state index contributed by atoms with van der Waals surface area (Å²) in [6.45, 7) is 7.29. The molecule has 0 radical (unpaired) electrons. The standard InChI is InChI=1S/C17H23F2N3O2/c1-3-21(4-2)8-7-20-17(24)12-9-16(23)22(11-12)15-6-5-13(18)10-14(15)19/h5-6,10,12H,3-4,7-9,11H2,1-2H3,(H,20,24)/t12-/m0/s1. The summed E-state index contributed by atoms with van der Waals surface area (Å²) >= 11 is 0. The number of rotatable bonds is 7. The first-order valence-electron chi connectivity index (χ1n) is 8.21. The Morgan fingerprint density at radius 2 is 2.04 bits per heavy atom. The Bertz CT molecular complexity index is 605. The van der Waals surface area contributed by atoms with E-state index in [0.717, 1.165) is 31.8 Å². The Morgan fingerprint density at radius 1 is 1.33 bits per heavy atom. The van der Waals surface area contributed by atoms with Crippen LogP contribution in [-0.2, 0) is 9.59 Å². The zero-order valence-corrected chi connectivity index (χ0v) is 14.0. The van der Waals surface area contributed by atoms with E-state index in [1.807, 2.05) is 0 Å². The molecule has 2 rings (SSSR count). The number of hydrogen-bond acceptors (Lipinski definition) is 3. The van der Waals surface area contributed by atoms with Crippen LogP contribution >= 0.6 is 0 Å². The minimum absolute atomic E-state index is 0.0137. The Kier molecular flexibility index (Phi) is 6.25. The highest BCUT2D eigenvalue weighted by molar-refractivity contribution is 6.00. The van der Waals surface area contributed by atoms with E-state index in [2.05, 4.69) is 24.1 Å². The minimum Gasteiger partial charge on any atom is -0.355 e. The van der Waals surface area contributed by atoms with E-state index in [9.17, 15) is 18.4 Å². The maximum Gasteiger partial charge on any atom is 0.227 e. The number of halogens is 2. The third kappa shape index (κ3) is 4.29. The van der Waals surface area contributed by atoms with Crippen molar-refractivity contribution in [2.24, 2.45) is 5.92 Å². The first-order chi connectivity index (χ1) is 11.5. The molecule has 0 aliphatic carbocycles. The second-order valence-electron chi connectivity index (χ2n) is 5.82. The van der Waals surface area contributed by atoms with E-state index in [4.69, 9.17) is 0 Å². The first kappa shape index (κ1) is 18.3. The molecular weight excluding hydrogens is 316 g/mol. The van der Waals surface area contributed by atoms with Gasteiger partial charge in [0.05, 0.1) is 11.6 Å². The van der Waals surface area contributed by atoms with E-state index in [0.29, 0.717) is 6.54 Å². The summed E-state index contributed by atoms with van der Waals surface area (Å²) in [5, 5.41) is 2.83. The van der Waals surface area contributed by atoms with Crippen LogP contribution in [0.5, 0.6) is 0 Å². The lowest BCUT2D eigenvalue weighted by molar-refractivity contribution is -0.126. The average Bonchev–Trinajstić information content (AvgIpc) is 2.93. The van der Waals surface area contributed by atoms with Crippen LogP contribution < -0.4 is 10.2 Å². The van der Waals surface area contributed by atoms with Crippen LogP contribution in [0.15, 0.2) is 18.2 Å². The van der Waals surface area contributed by atoms with Crippen LogP contribution in [0.4, 0.5) is 14.5 Å². The molecule has 0 bridgehead atoms. The predicted octanol–water partition coefficient (Wildman–Crippen LogP) is 1.78. The normalized spacial score (nSPS) is 17.6. The number of amides is 2. The molecule has 0 aromatic heterocycles. The summed E-state index contributed by atoms with van der Waals surface area (Å²) < 4.78 is 26.8. The molecule has 2 amide bonds. The molecule has 1 aliphatic heterocycles. The van der Waals surface area contributed by atoms with Crippen molar-refractivity contribution < 1.29 is 18.4 Å². The molecule has 1 aromatic carbocycles. The van der Waals surface area contributed by atoms with Gasteiger partial charge >= 0.3 is 0 Å². The summed E-state index contributed by atoms with van der Waals surface area (Å²) in [6.07, 6.45) is 0.0356. The maximum atomic E-state index is 13.8. The average molecular weight is 339 g/mol. The van der Waals surface area contributed by atoms with Gasteiger partial charge in [-0.15, -0.1) is 0 Å². The summed E-state index contributed by atoms with van der Waals surface area (Å²) in [5.74, 6) is -2.55. The van der Waals surface area contributed by atoms with Crippen molar-refractivity contribution in [2.45, 2.75) is 20.3 Å². The number of benzene rings is 1. The lowest BCUT2D eigenvalue weighted by Crippen LogP contribution is -2.38. The van der Waals surface area contributed by atoms with Gasteiger partial charge in [-0.1, -0.05) is 13.8 Å². The third-order valence-electron chi connectivity index (χ3n) is 4.32. The summed E-state index contributed by atoms with van der Waals surface area (Å²) in [7, 11) is 0. The zero-order chi connectivity index (χ0) is 17.7. The Morgan fingerprint density at radius 3 is 2.67 bits per heavy atom. The number of anilines is 1. The molecule has 1 atom stereocenters. The number of nitrogens with zero attached hydrogens (tertiary/aromatic N) is 2. The number of carbonyl (C=O) groups excluding carboxylic acids is 2. The second-order valence-corrected chi connectivity index (χ2v) is 5.82. The molecular formula is C17H23F2N3O2. The van der Waals surface area contributed by atoms with Crippen LogP contribution in [-0.4, -0.2) is 49.4 Å². The fourth-order valence-corrected chi connectivity index (χ4v) is 2.84. The van der Waals surface area contributed by atoms with E-state index in [1.165, 1.54) is 11.0 Å². The number of hydrogen-bond donors (Lipinski definition) is 1. The predicted molar refractivity (Wildman–Crippen MR) is 87.6 cm³/mol. The smallest absolute Gasteiger partial charge is 0.227 e. The Hall–Kier alpha value is -2.02. The minimum atomic E-state index is -0.800. The summed E-state index contributed by atoms with van der Waals surface area (Å²) in [4.78, 5) is 27.7. The lowest BCUT2D eigenvalue weighted by Gasteiger charge is -2.19. The van der Waals surface area contributed by atoms with Crippen LogP contribution in [0.1, 0.15) is 20.3 Å². The highest BCUT2D eigenvalue weighted by Crippen LogP contribution is 2.27. The largest absolute Gasteiger partial charge is 0.355 e. The zero-order valence-electron chi connectivity index (χ0n) is 14.0. The molecule has 0 spiro atoms. The second kappa shape index (κ2) is 8.19. The van der Waals surface area contributed by atoms with Crippen molar-refractivity contribution >= 4 is 17.5 Å². The van der Waals surface area contributed by atoms with Gasteiger partial charge in [0.2, 0.25) is 11.8 Å². The van der Waals surface area contributed by atoms with Crippen LogP contribution in [0, 0.1) is 17.6 Å². The van der Waals surface area contributed by atoms with Crippen molar-refractivity contribution in [1.82, 2.24) is 10.2 Å². The van der Waals surface area contributed by atoms with Crippen molar-refractivity contribution in [2.75, 3.05) is 37.6 Å². The molecule has 5 nitrogen and oxygen atoms in total. The van der Waals surface area contributed by atoms with Crippen molar-refractivity contribution in [3.8, 4) is 0 Å². The fraction of sp³-hybridized carbons (Fsp3) is 0.529. The van der Waals surface area contributed by atoms with Gasteiger partial charge in [-0.25, -0.2) is 8.78 Å².